The molecule has 0 aromatic rings. The van der Waals surface area contributed by atoms with Gasteiger partial charge < -0.3 is 10.5 Å². The third-order valence-corrected chi connectivity index (χ3v) is 6.06. The van der Waals surface area contributed by atoms with Crippen molar-refractivity contribution in [2.24, 2.45) is 11.7 Å². The van der Waals surface area contributed by atoms with Gasteiger partial charge in [-0.3, -0.25) is 0 Å². The first kappa shape index (κ1) is 16.2. The van der Waals surface area contributed by atoms with Crippen LogP contribution in [0, 0.1) is 5.92 Å². The molecule has 2 heterocycles. The van der Waals surface area contributed by atoms with Gasteiger partial charge in [-0.15, -0.1) is 0 Å². The fourth-order valence-electron chi connectivity index (χ4n) is 3.20. The van der Waals surface area contributed by atoms with E-state index in [1.54, 1.807) is 4.31 Å². The van der Waals surface area contributed by atoms with Crippen LogP contribution in [-0.2, 0) is 14.9 Å². The van der Waals surface area contributed by atoms with E-state index >= 15 is 0 Å². The summed E-state index contributed by atoms with van der Waals surface area (Å²) in [5.74, 6) is 0.288. The summed E-state index contributed by atoms with van der Waals surface area (Å²) in [5, 5.41) is 0. The van der Waals surface area contributed by atoms with Crippen molar-refractivity contribution in [1.82, 2.24) is 9.03 Å². The number of nitrogens with two attached hydrogens (primary N) is 1. The fraction of sp³-hybridized carbons (Fsp3) is 1.00. The van der Waals surface area contributed by atoms with Crippen molar-refractivity contribution in [3.05, 3.63) is 0 Å². The molecule has 0 aliphatic carbocycles. The number of hydrogen-bond acceptors (Lipinski definition) is 4. The topological polar surface area (TPSA) is 84.7 Å². The highest BCUT2D eigenvalue weighted by Gasteiger charge is 2.33. The lowest BCUT2D eigenvalue weighted by molar-refractivity contribution is 0.0883. The Labute approximate surface area is 122 Å². The molecule has 6 nitrogen and oxygen atoms in total. The molecule has 0 spiro atoms. The Morgan fingerprint density at radius 1 is 1.35 bits per heavy atom. The zero-order valence-corrected chi connectivity index (χ0v) is 13.1. The highest BCUT2D eigenvalue weighted by molar-refractivity contribution is 7.87. The number of nitrogens with zero attached hydrogens (tertiary/aromatic N) is 1. The number of ether oxygens (including phenoxy) is 1. The number of nitrogens with one attached hydrogen (secondary N) is 1. The van der Waals surface area contributed by atoms with Crippen LogP contribution in [0.4, 0.5) is 0 Å². The molecule has 3 atom stereocenters. The van der Waals surface area contributed by atoms with Gasteiger partial charge in [0, 0.05) is 38.2 Å². The summed E-state index contributed by atoms with van der Waals surface area (Å²) >= 11 is 0. The molecule has 3 N–H and O–H groups in total. The predicted octanol–water partition coefficient (Wildman–Crippen LogP) is 0.449. The maximum atomic E-state index is 12.4. The first-order valence-electron chi connectivity index (χ1n) is 7.66. The minimum Gasteiger partial charge on any atom is -0.378 e. The smallest absolute Gasteiger partial charge is 0.279 e. The van der Waals surface area contributed by atoms with Gasteiger partial charge in [0.25, 0.3) is 10.2 Å². The second kappa shape index (κ2) is 7.17. The van der Waals surface area contributed by atoms with Crippen molar-refractivity contribution in [2.45, 2.75) is 51.2 Å². The van der Waals surface area contributed by atoms with Gasteiger partial charge in [-0.1, -0.05) is 13.3 Å². The van der Waals surface area contributed by atoms with Gasteiger partial charge in [0.1, 0.15) is 0 Å². The van der Waals surface area contributed by atoms with Crippen molar-refractivity contribution < 1.29 is 13.2 Å². The van der Waals surface area contributed by atoms with E-state index in [0.717, 1.165) is 38.7 Å². The molecule has 2 saturated heterocycles. The molecule has 0 radical (unpaired) electrons. The third kappa shape index (κ3) is 3.71. The zero-order valence-electron chi connectivity index (χ0n) is 12.3. The Kier molecular flexibility index (Phi) is 5.80. The van der Waals surface area contributed by atoms with E-state index in [2.05, 4.69) is 11.6 Å². The molecule has 0 saturated carbocycles. The average molecular weight is 305 g/mol. The van der Waals surface area contributed by atoms with Gasteiger partial charge in [-0.2, -0.15) is 12.7 Å². The lowest BCUT2D eigenvalue weighted by Crippen LogP contribution is -2.52. The average Bonchev–Trinajstić information content (AvgIpc) is 2.92. The monoisotopic (exact) mass is 305 g/mol. The van der Waals surface area contributed by atoms with Crippen LogP contribution in [0.25, 0.3) is 0 Å². The van der Waals surface area contributed by atoms with E-state index in [0.29, 0.717) is 19.6 Å². The Morgan fingerprint density at radius 3 is 2.85 bits per heavy atom. The van der Waals surface area contributed by atoms with Gasteiger partial charge in [0.05, 0.1) is 6.10 Å². The van der Waals surface area contributed by atoms with Crippen LogP contribution in [0.5, 0.6) is 0 Å². The van der Waals surface area contributed by atoms with E-state index in [4.69, 9.17) is 10.5 Å². The molecule has 0 amide bonds. The Hall–Kier alpha value is -0.210. The second-order valence-electron chi connectivity index (χ2n) is 5.72. The number of hydrogen-bond donors (Lipinski definition) is 2. The van der Waals surface area contributed by atoms with Gasteiger partial charge in [0.15, 0.2) is 0 Å². The van der Waals surface area contributed by atoms with E-state index in [1.165, 1.54) is 0 Å². The summed E-state index contributed by atoms with van der Waals surface area (Å²) in [4.78, 5) is 0. The van der Waals surface area contributed by atoms with Crippen LogP contribution in [0.1, 0.15) is 39.0 Å². The van der Waals surface area contributed by atoms with Crippen LogP contribution in [0.15, 0.2) is 0 Å². The summed E-state index contributed by atoms with van der Waals surface area (Å²) in [6.45, 7) is 4.25. The molecule has 0 bridgehead atoms. The van der Waals surface area contributed by atoms with Crippen LogP contribution in [0.3, 0.4) is 0 Å². The fourth-order valence-corrected chi connectivity index (χ4v) is 4.74. The van der Waals surface area contributed by atoms with E-state index in [9.17, 15) is 8.42 Å². The minimum absolute atomic E-state index is 0.0527. The van der Waals surface area contributed by atoms with Crippen LogP contribution in [-0.4, -0.2) is 51.1 Å². The molecule has 2 aliphatic heterocycles. The molecular formula is C13H27N3O3S. The number of rotatable bonds is 6. The molecule has 2 aliphatic rings. The zero-order chi connectivity index (χ0) is 14.6. The standard InChI is InChI=1S/C13H27N3O3S/c1-2-13-11(6-8-19-13)10-15-20(17,18)16-7-4-3-5-12(16)9-14/h11-13,15H,2-10,14H2,1H3. The van der Waals surface area contributed by atoms with Crippen molar-refractivity contribution in [3.8, 4) is 0 Å². The largest absolute Gasteiger partial charge is 0.378 e. The van der Waals surface area contributed by atoms with E-state index in [-0.39, 0.29) is 18.1 Å². The SMILES string of the molecule is CCC1OCCC1CNS(=O)(=O)N1CCCCC1CN. The molecule has 7 heteroatoms. The van der Waals surface area contributed by atoms with Crippen LogP contribution < -0.4 is 10.5 Å². The van der Waals surface area contributed by atoms with Crippen LogP contribution in [0.2, 0.25) is 0 Å². The first-order chi connectivity index (χ1) is 9.58. The normalized spacial score (nSPS) is 32.6. The molecule has 118 valence electrons. The minimum atomic E-state index is -3.42. The molecule has 0 aromatic carbocycles. The molecule has 2 rings (SSSR count). The van der Waals surface area contributed by atoms with Crippen molar-refractivity contribution >= 4 is 10.2 Å². The molecule has 2 fully saturated rings. The van der Waals surface area contributed by atoms with Gasteiger partial charge in [-0.25, -0.2) is 4.72 Å². The molecule has 3 unspecified atom stereocenters. The van der Waals surface area contributed by atoms with Crippen molar-refractivity contribution in [1.29, 1.82) is 0 Å². The van der Waals surface area contributed by atoms with Gasteiger partial charge in [0.2, 0.25) is 0 Å². The number of piperidine rings is 1. The maximum Gasteiger partial charge on any atom is 0.279 e. The summed E-state index contributed by atoms with van der Waals surface area (Å²) in [7, 11) is -3.42. The van der Waals surface area contributed by atoms with Crippen molar-refractivity contribution in [2.75, 3.05) is 26.2 Å². The maximum absolute atomic E-state index is 12.4. The van der Waals surface area contributed by atoms with E-state index in [1.807, 2.05) is 0 Å². The Bertz CT molecular complexity index is 402. The predicted molar refractivity (Wildman–Crippen MR) is 78.5 cm³/mol. The highest BCUT2D eigenvalue weighted by atomic mass is 32.2. The summed E-state index contributed by atoms with van der Waals surface area (Å²) in [6, 6.07) is -0.0527. The van der Waals surface area contributed by atoms with E-state index < -0.39 is 10.2 Å². The van der Waals surface area contributed by atoms with Crippen LogP contribution >= 0.6 is 0 Å². The van der Waals surface area contributed by atoms with Gasteiger partial charge >= 0.3 is 0 Å². The second-order valence-corrected chi connectivity index (χ2v) is 7.42. The summed E-state index contributed by atoms with van der Waals surface area (Å²) in [5.41, 5.74) is 5.70. The highest BCUT2D eigenvalue weighted by Crippen LogP contribution is 2.24. The quantitative estimate of drug-likeness (QED) is 0.746. The lowest BCUT2D eigenvalue weighted by atomic mass is 10.0. The summed E-state index contributed by atoms with van der Waals surface area (Å²) in [6.07, 6.45) is 4.89. The van der Waals surface area contributed by atoms with Crippen molar-refractivity contribution in [3.63, 3.8) is 0 Å². The molecular weight excluding hydrogens is 278 g/mol. The lowest BCUT2D eigenvalue weighted by Gasteiger charge is -2.34. The van der Waals surface area contributed by atoms with Gasteiger partial charge in [-0.05, 0) is 25.7 Å². The molecule has 20 heavy (non-hydrogen) atoms. The summed E-state index contributed by atoms with van der Waals surface area (Å²) < 4.78 is 34.8. The molecule has 0 aromatic heterocycles. The first-order valence-corrected chi connectivity index (χ1v) is 9.10. The Balaban J connectivity index is 1.92. The Morgan fingerprint density at radius 2 is 2.15 bits per heavy atom. The third-order valence-electron chi connectivity index (χ3n) is 4.43.